The third-order valence-electron chi connectivity index (χ3n) is 2.07. The monoisotopic (exact) mass is 246 g/mol. The molecule has 0 fully saturated rings. The molecule has 0 unspecified atom stereocenters. The molecule has 2 aromatic rings. The standard InChI is InChI=1S/C10H6F4N2O/c11-7-8(10(12,13)14)15-16(9(7)17)6-4-2-1-3-5-6/h1-5,17H. The lowest BCUT2D eigenvalue weighted by Crippen LogP contribution is -2.08. The molecule has 2 rings (SSSR count). The Hall–Kier alpha value is -2.05. The van der Waals surface area contributed by atoms with Gasteiger partial charge >= 0.3 is 6.18 Å². The summed E-state index contributed by atoms with van der Waals surface area (Å²) in [7, 11) is 0. The summed E-state index contributed by atoms with van der Waals surface area (Å²) < 4.78 is 50.6. The molecule has 3 nitrogen and oxygen atoms in total. The number of aromatic nitrogens is 2. The van der Waals surface area contributed by atoms with Gasteiger partial charge in [0.15, 0.2) is 0 Å². The van der Waals surface area contributed by atoms with Crippen LogP contribution >= 0.6 is 0 Å². The zero-order valence-corrected chi connectivity index (χ0v) is 8.24. The molecule has 17 heavy (non-hydrogen) atoms. The third kappa shape index (κ3) is 1.95. The molecular weight excluding hydrogens is 240 g/mol. The van der Waals surface area contributed by atoms with Crippen molar-refractivity contribution in [1.29, 1.82) is 0 Å². The van der Waals surface area contributed by atoms with Crippen LogP contribution in [0.1, 0.15) is 5.69 Å². The minimum atomic E-state index is -4.94. The van der Waals surface area contributed by atoms with Crippen LogP contribution in [0.4, 0.5) is 17.6 Å². The Kier molecular flexibility index (Phi) is 2.53. The van der Waals surface area contributed by atoms with Crippen molar-refractivity contribution in [2.45, 2.75) is 6.18 Å². The normalized spacial score (nSPS) is 11.8. The number of hydrogen-bond acceptors (Lipinski definition) is 2. The van der Waals surface area contributed by atoms with Gasteiger partial charge in [-0.1, -0.05) is 18.2 Å². The van der Waals surface area contributed by atoms with E-state index in [0.29, 0.717) is 4.68 Å². The highest BCUT2D eigenvalue weighted by Gasteiger charge is 2.40. The molecule has 0 radical (unpaired) electrons. The molecule has 0 aliphatic heterocycles. The van der Waals surface area contributed by atoms with Crippen molar-refractivity contribution in [2.75, 3.05) is 0 Å². The lowest BCUT2D eigenvalue weighted by Gasteiger charge is -2.02. The Bertz CT molecular complexity index is 533. The van der Waals surface area contributed by atoms with Gasteiger partial charge < -0.3 is 5.11 Å². The van der Waals surface area contributed by atoms with Crippen molar-refractivity contribution >= 4 is 0 Å². The highest BCUT2D eigenvalue weighted by molar-refractivity contribution is 5.36. The SMILES string of the molecule is Oc1c(F)c(C(F)(F)F)nn1-c1ccccc1. The molecule has 0 spiro atoms. The van der Waals surface area contributed by atoms with Gasteiger partial charge in [-0.15, -0.1) is 0 Å². The molecule has 0 aliphatic rings. The lowest BCUT2D eigenvalue weighted by atomic mass is 10.3. The molecular formula is C10H6F4N2O. The summed E-state index contributed by atoms with van der Waals surface area (Å²) in [5, 5.41) is 12.3. The van der Waals surface area contributed by atoms with Crippen LogP contribution in [0.2, 0.25) is 0 Å². The Balaban J connectivity index is 2.59. The number of benzene rings is 1. The van der Waals surface area contributed by atoms with Crippen LogP contribution in [-0.2, 0) is 6.18 Å². The van der Waals surface area contributed by atoms with Crippen LogP contribution < -0.4 is 0 Å². The maximum absolute atomic E-state index is 13.2. The van der Waals surface area contributed by atoms with Crippen LogP contribution in [0.25, 0.3) is 5.69 Å². The molecule has 7 heteroatoms. The molecule has 0 saturated carbocycles. The Morgan fingerprint density at radius 1 is 1.12 bits per heavy atom. The summed E-state index contributed by atoms with van der Waals surface area (Å²) in [6, 6.07) is 7.48. The maximum Gasteiger partial charge on any atom is 0.438 e. The largest absolute Gasteiger partial charge is 0.491 e. The predicted octanol–water partition coefficient (Wildman–Crippen LogP) is 2.74. The van der Waals surface area contributed by atoms with Crippen LogP contribution in [0.3, 0.4) is 0 Å². The van der Waals surface area contributed by atoms with E-state index >= 15 is 0 Å². The van der Waals surface area contributed by atoms with Gasteiger partial charge in [0.2, 0.25) is 11.5 Å². The average Bonchev–Trinajstić information content (AvgIpc) is 2.57. The summed E-state index contributed by atoms with van der Waals surface area (Å²) in [6.45, 7) is 0. The summed E-state index contributed by atoms with van der Waals surface area (Å²) >= 11 is 0. The second kappa shape index (κ2) is 3.76. The number of hydrogen-bond donors (Lipinski definition) is 1. The number of alkyl halides is 3. The van der Waals surface area contributed by atoms with Gasteiger partial charge in [0, 0.05) is 0 Å². The lowest BCUT2D eigenvalue weighted by molar-refractivity contribution is -0.143. The van der Waals surface area contributed by atoms with Gasteiger partial charge in [-0.25, -0.2) is 0 Å². The van der Waals surface area contributed by atoms with E-state index < -0.39 is 23.6 Å². The van der Waals surface area contributed by atoms with Gasteiger partial charge in [-0.05, 0) is 12.1 Å². The number of rotatable bonds is 1. The Labute approximate surface area is 92.9 Å². The van der Waals surface area contributed by atoms with Gasteiger partial charge in [-0.3, -0.25) is 0 Å². The van der Waals surface area contributed by atoms with Crippen molar-refractivity contribution in [1.82, 2.24) is 9.78 Å². The number of halogens is 4. The first-order valence-electron chi connectivity index (χ1n) is 4.51. The van der Waals surface area contributed by atoms with E-state index in [0.717, 1.165) is 0 Å². The maximum atomic E-state index is 13.2. The topological polar surface area (TPSA) is 38.1 Å². The first-order chi connectivity index (χ1) is 7.91. The third-order valence-corrected chi connectivity index (χ3v) is 2.07. The fraction of sp³-hybridized carbons (Fsp3) is 0.100. The molecule has 0 bridgehead atoms. The van der Waals surface area contributed by atoms with E-state index in [2.05, 4.69) is 5.10 Å². The number of nitrogens with zero attached hydrogens (tertiary/aromatic N) is 2. The smallest absolute Gasteiger partial charge is 0.438 e. The first kappa shape index (κ1) is 11.4. The van der Waals surface area contributed by atoms with E-state index in [9.17, 15) is 22.7 Å². The fourth-order valence-electron chi connectivity index (χ4n) is 1.32. The summed E-state index contributed by atoms with van der Waals surface area (Å²) in [4.78, 5) is 0. The van der Waals surface area contributed by atoms with Gasteiger partial charge in [-0.2, -0.15) is 27.3 Å². The number of aromatic hydroxyl groups is 1. The Morgan fingerprint density at radius 3 is 2.18 bits per heavy atom. The van der Waals surface area contributed by atoms with Crippen LogP contribution in [-0.4, -0.2) is 14.9 Å². The quantitative estimate of drug-likeness (QED) is 0.785. The van der Waals surface area contributed by atoms with Crippen LogP contribution in [0, 0.1) is 5.82 Å². The molecule has 1 heterocycles. The zero-order chi connectivity index (χ0) is 12.6. The van der Waals surface area contributed by atoms with E-state index in [1.807, 2.05) is 0 Å². The summed E-state index contributed by atoms with van der Waals surface area (Å²) in [6.07, 6.45) is -4.94. The first-order valence-corrected chi connectivity index (χ1v) is 4.51. The highest BCUT2D eigenvalue weighted by Crippen LogP contribution is 2.34. The molecule has 0 aliphatic carbocycles. The van der Waals surface area contributed by atoms with E-state index in [4.69, 9.17) is 0 Å². The minimum Gasteiger partial charge on any atom is -0.491 e. The molecule has 1 aromatic heterocycles. The molecule has 90 valence electrons. The van der Waals surface area contributed by atoms with Gasteiger partial charge in [0.1, 0.15) is 0 Å². The molecule has 0 amide bonds. The highest BCUT2D eigenvalue weighted by atomic mass is 19.4. The second-order valence-corrected chi connectivity index (χ2v) is 3.23. The van der Waals surface area contributed by atoms with E-state index in [1.54, 1.807) is 6.07 Å². The van der Waals surface area contributed by atoms with Crippen molar-refractivity contribution in [2.24, 2.45) is 0 Å². The molecule has 1 aromatic carbocycles. The van der Waals surface area contributed by atoms with Crippen molar-refractivity contribution in [3.05, 3.63) is 41.8 Å². The Morgan fingerprint density at radius 2 is 1.71 bits per heavy atom. The molecule has 1 N–H and O–H groups in total. The second-order valence-electron chi connectivity index (χ2n) is 3.23. The summed E-state index contributed by atoms with van der Waals surface area (Å²) in [5.74, 6) is -2.94. The molecule has 0 saturated heterocycles. The van der Waals surface area contributed by atoms with Crippen molar-refractivity contribution < 1.29 is 22.7 Å². The van der Waals surface area contributed by atoms with Crippen molar-refractivity contribution in [3.8, 4) is 11.6 Å². The van der Waals surface area contributed by atoms with Crippen LogP contribution in [0.15, 0.2) is 30.3 Å². The van der Waals surface area contributed by atoms with Gasteiger partial charge in [0.05, 0.1) is 5.69 Å². The van der Waals surface area contributed by atoms with E-state index in [-0.39, 0.29) is 5.69 Å². The number of para-hydroxylation sites is 1. The minimum absolute atomic E-state index is 0.138. The van der Waals surface area contributed by atoms with Gasteiger partial charge in [0.25, 0.3) is 5.88 Å². The van der Waals surface area contributed by atoms with Crippen molar-refractivity contribution in [3.63, 3.8) is 0 Å². The zero-order valence-electron chi connectivity index (χ0n) is 8.24. The summed E-state index contributed by atoms with van der Waals surface area (Å²) in [5.41, 5.74) is -1.60. The predicted molar refractivity (Wildman–Crippen MR) is 50.2 cm³/mol. The fourth-order valence-corrected chi connectivity index (χ4v) is 1.32. The van der Waals surface area contributed by atoms with Crippen LogP contribution in [0.5, 0.6) is 5.88 Å². The molecule has 0 atom stereocenters. The average molecular weight is 246 g/mol. The van der Waals surface area contributed by atoms with E-state index in [1.165, 1.54) is 24.3 Å².